The summed E-state index contributed by atoms with van der Waals surface area (Å²) in [7, 11) is 0.610. The smallest absolute Gasteiger partial charge is 0.0822 e. The van der Waals surface area contributed by atoms with E-state index < -0.39 is 0 Å². The molecular weight excluding hydrogens is 177 g/mol. The van der Waals surface area contributed by atoms with Gasteiger partial charge < -0.3 is 0 Å². The van der Waals surface area contributed by atoms with E-state index in [-0.39, 0.29) is 0 Å². The highest BCUT2D eigenvalue weighted by atomic mass is 31.0. The van der Waals surface area contributed by atoms with Crippen LogP contribution < -0.4 is 0 Å². The number of aromatic nitrogens is 1. The maximum atomic E-state index is 4.50. The van der Waals surface area contributed by atoms with E-state index in [1.807, 2.05) is 0 Å². The molecule has 1 aromatic heterocycles. The molecule has 1 nitrogen and oxygen atoms in total. The third-order valence-electron chi connectivity index (χ3n) is 2.33. The average molecular weight is 185 g/mol. The van der Waals surface area contributed by atoms with Crippen LogP contribution in [0, 0.1) is 0 Å². The summed E-state index contributed by atoms with van der Waals surface area (Å²) in [4.78, 5) is 0. The Morgan fingerprint density at radius 2 is 1.77 bits per heavy atom. The van der Waals surface area contributed by atoms with Gasteiger partial charge in [0.15, 0.2) is 0 Å². The number of benzene rings is 2. The lowest BCUT2D eigenvalue weighted by Crippen LogP contribution is -1.73. The zero-order chi connectivity index (χ0) is 8.67. The van der Waals surface area contributed by atoms with Crippen molar-refractivity contribution in [1.29, 1.82) is 0 Å². The van der Waals surface area contributed by atoms with Crippen LogP contribution in [-0.4, -0.2) is 4.75 Å². The van der Waals surface area contributed by atoms with Crippen LogP contribution in [0.2, 0.25) is 0 Å². The van der Waals surface area contributed by atoms with Gasteiger partial charge in [-0.05, 0) is 19.5 Å². The Bertz CT molecular complexity index is 568. The highest BCUT2D eigenvalue weighted by molar-refractivity contribution is 7.25. The molecule has 1 atom stereocenters. The maximum Gasteiger partial charge on any atom is 0.0822 e. The lowest BCUT2D eigenvalue weighted by atomic mass is 10.1. The van der Waals surface area contributed by atoms with Gasteiger partial charge in [0.1, 0.15) is 0 Å². The van der Waals surface area contributed by atoms with E-state index in [0.717, 1.165) is 0 Å². The molecule has 0 aliphatic carbocycles. The molecule has 0 saturated carbocycles. The SMILES string of the molecule is c1ccc2c(c1)ccc1c[pH]nc12. The zero-order valence-electron chi connectivity index (χ0n) is 6.99. The Hall–Kier alpha value is -1.33. The molecule has 0 aliphatic rings. The van der Waals surface area contributed by atoms with Gasteiger partial charge in [0.2, 0.25) is 0 Å². The van der Waals surface area contributed by atoms with E-state index in [2.05, 4.69) is 46.9 Å². The molecule has 2 aromatic carbocycles. The summed E-state index contributed by atoms with van der Waals surface area (Å²) in [6.45, 7) is 0. The van der Waals surface area contributed by atoms with Crippen molar-refractivity contribution in [1.82, 2.24) is 4.75 Å². The van der Waals surface area contributed by atoms with E-state index in [4.69, 9.17) is 0 Å². The van der Waals surface area contributed by atoms with Crippen molar-refractivity contribution in [2.24, 2.45) is 0 Å². The van der Waals surface area contributed by atoms with Crippen molar-refractivity contribution < 1.29 is 0 Å². The summed E-state index contributed by atoms with van der Waals surface area (Å²) < 4.78 is 4.50. The van der Waals surface area contributed by atoms with Gasteiger partial charge in [-0.2, -0.15) is 0 Å². The van der Waals surface area contributed by atoms with E-state index in [1.54, 1.807) is 0 Å². The molecule has 62 valence electrons. The first-order valence-corrected chi connectivity index (χ1v) is 5.29. The number of hydrogen-bond acceptors (Lipinski definition) is 1. The monoisotopic (exact) mass is 185 g/mol. The quantitative estimate of drug-likeness (QED) is 0.523. The summed E-state index contributed by atoms with van der Waals surface area (Å²) >= 11 is 0. The third-order valence-corrected chi connectivity index (χ3v) is 3.12. The molecule has 2 heteroatoms. The van der Waals surface area contributed by atoms with Crippen molar-refractivity contribution in [3.63, 3.8) is 0 Å². The van der Waals surface area contributed by atoms with Gasteiger partial charge in [0.05, 0.1) is 5.52 Å². The Kier molecular flexibility index (Phi) is 1.41. The topological polar surface area (TPSA) is 12.9 Å². The summed E-state index contributed by atoms with van der Waals surface area (Å²) in [5.74, 6) is 2.20. The third kappa shape index (κ3) is 0.976. The summed E-state index contributed by atoms with van der Waals surface area (Å²) in [6, 6.07) is 12.7. The number of rotatable bonds is 0. The fourth-order valence-corrected chi connectivity index (χ4v) is 2.49. The Balaban J connectivity index is 2.65. The molecule has 0 radical (unpaired) electrons. The molecule has 0 saturated heterocycles. The average Bonchev–Trinajstić information content (AvgIpc) is 2.65. The molecular formula is C11H8NP. The Labute approximate surface area is 77.6 Å². The highest BCUT2D eigenvalue weighted by Gasteiger charge is 1.99. The van der Waals surface area contributed by atoms with Crippen molar-refractivity contribution >= 4 is 30.0 Å². The molecule has 0 aliphatic heterocycles. The lowest BCUT2D eigenvalue weighted by molar-refractivity contribution is 1.70. The van der Waals surface area contributed by atoms with Crippen molar-refractivity contribution in [3.8, 4) is 0 Å². The molecule has 0 N–H and O–H groups in total. The number of hydrogen-bond donors (Lipinski definition) is 0. The number of nitrogens with zero attached hydrogens (tertiary/aromatic N) is 1. The van der Waals surface area contributed by atoms with E-state index >= 15 is 0 Å². The Morgan fingerprint density at radius 1 is 0.923 bits per heavy atom. The van der Waals surface area contributed by atoms with E-state index in [1.165, 1.54) is 21.7 Å². The molecule has 0 bridgehead atoms. The molecule has 0 amide bonds. The second kappa shape index (κ2) is 2.58. The number of fused-ring (bicyclic) bond motifs is 3. The standard InChI is InChI=1S/C11H8NP/c1-2-4-10-8(3-1)5-6-9-7-13-12-11(9)10/h1-7,13H. The second-order valence-corrected chi connectivity index (χ2v) is 3.88. The predicted octanol–water partition coefficient (Wildman–Crippen LogP) is 3.42. The first kappa shape index (κ1) is 7.11. The van der Waals surface area contributed by atoms with Crippen LogP contribution in [0.3, 0.4) is 0 Å². The minimum absolute atomic E-state index is 0.610. The lowest BCUT2D eigenvalue weighted by Gasteiger charge is -1.96. The fourth-order valence-electron chi connectivity index (χ4n) is 1.68. The molecule has 1 heterocycles. The highest BCUT2D eigenvalue weighted by Crippen LogP contribution is 2.26. The fraction of sp³-hybridized carbons (Fsp3) is 0. The molecule has 0 spiro atoms. The van der Waals surface area contributed by atoms with Gasteiger partial charge in [0, 0.05) is 10.8 Å². The molecule has 0 fully saturated rings. The minimum atomic E-state index is 0.610. The maximum absolute atomic E-state index is 4.50. The second-order valence-electron chi connectivity index (χ2n) is 3.11. The first-order valence-electron chi connectivity index (χ1n) is 4.26. The van der Waals surface area contributed by atoms with Gasteiger partial charge in [-0.1, -0.05) is 36.4 Å². The van der Waals surface area contributed by atoms with E-state index in [9.17, 15) is 0 Å². The molecule has 13 heavy (non-hydrogen) atoms. The van der Waals surface area contributed by atoms with Gasteiger partial charge in [-0.25, -0.2) is 4.75 Å². The largest absolute Gasteiger partial charge is 0.240 e. The van der Waals surface area contributed by atoms with Gasteiger partial charge in [-0.3, -0.25) is 0 Å². The van der Waals surface area contributed by atoms with Crippen LogP contribution in [0.5, 0.6) is 0 Å². The normalized spacial score (nSPS) is 11.7. The van der Waals surface area contributed by atoms with Crippen LogP contribution in [0.25, 0.3) is 21.7 Å². The van der Waals surface area contributed by atoms with Crippen LogP contribution in [0.1, 0.15) is 0 Å². The Morgan fingerprint density at radius 3 is 2.77 bits per heavy atom. The molecule has 3 aromatic rings. The van der Waals surface area contributed by atoms with Crippen LogP contribution in [0.15, 0.2) is 42.2 Å². The van der Waals surface area contributed by atoms with Gasteiger partial charge in [-0.15, -0.1) is 0 Å². The predicted molar refractivity (Wildman–Crippen MR) is 58.8 cm³/mol. The van der Waals surface area contributed by atoms with Crippen LogP contribution in [0.4, 0.5) is 0 Å². The van der Waals surface area contributed by atoms with Crippen molar-refractivity contribution in [3.05, 3.63) is 42.2 Å². The molecule has 3 rings (SSSR count). The zero-order valence-corrected chi connectivity index (χ0v) is 7.99. The van der Waals surface area contributed by atoms with Gasteiger partial charge >= 0.3 is 0 Å². The van der Waals surface area contributed by atoms with Crippen LogP contribution >= 0.6 is 8.35 Å². The summed E-state index contributed by atoms with van der Waals surface area (Å²) in [5, 5.41) is 3.85. The van der Waals surface area contributed by atoms with Gasteiger partial charge in [0.25, 0.3) is 0 Å². The first-order chi connectivity index (χ1) is 6.45. The minimum Gasteiger partial charge on any atom is -0.240 e. The van der Waals surface area contributed by atoms with E-state index in [0.29, 0.717) is 8.35 Å². The van der Waals surface area contributed by atoms with Crippen molar-refractivity contribution in [2.75, 3.05) is 0 Å². The van der Waals surface area contributed by atoms with Crippen molar-refractivity contribution in [2.45, 2.75) is 0 Å². The molecule has 1 unspecified atom stereocenters. The van der Waals surface area contributed by atoms with Crippen LogP contribution in [-0.2, 0) is 0 Å². The summed E-state index contributed by atoms with van der Waals surface area (Å²) in [5.41, 5.74) is 1.18. The summed E-state index contributed by atoms with van der Waals surface area (Å²) in [6.07, 6.45) is 0.